The topological polar surface area (TPSA) is 58.9 Å². The molecule has 4 nitrogen and oxygen atoms in total. The summed E-state index contributed by atoms with van der Waals surface area (Å²) in [7, 11) is 0. The van der Waals surface area contributed by atoms with Gasteiger partial charge in [-0.2, -0.15) is 0 Å². The van der Waals surface area contributed by atoms with E-state index in [1.807, 2.05) is 30.3 Å². The summed E-state index contributed by atoms with van der Waals surface area (Å²) >= 11 is 1.12. The van der Waals surface area contributed by atoms with Gasteiger partial charge in [0.15, 0.2) is 0 Å². The Labute approximate surface area is 111 Å². The van der Waals surface area contributed by atoms with Crippen molar-refractivity contribution in [1.29, 1.82) is 0 Å². The molecular weight excluding hydrogens is 248 g/mol. The van der Waals surface area contributed by atoms with E-state index < -0.39 is 0 Å². The SMILES string of the molecule is CCCCCN=C=O.O=C=NSc1ccccc1. The first-order valence-corrected chi connectivity index (χ1v) is 6.45. The van der Waals surface area contributed by atoms with E-state index in [0.717, 1.165) is 29.7 Å². The minimum absolute atomic E-state index is 0.650. The number of nitrogens with zero attached hydrogens (tertiary/aromatic N) is 2. The van der Waals surface area contributed by atoms with Gasteiger partial charge in [-0.25, -0.2) is 14.6 Å². The Morgan fingerprint density at radius 1 is 1.11 bits per heavy atom. The molecule has 0 aromatic heterocycles. The Morgan fingerprint density at radius 3 is 2.39 bits per heavy atom. The number of aliphatic imine (C=N–C) groups is 1. The normalized spacial score (nSPS) is 8.28. The highest BCUT2D eigenvalue weighted by atomic mass is 32.2. The van der Waals surface area contributed by atoms with Crippen LogP contribution in [0.1, 0.15) is 26.2 Å². The molecule has 0 N–H and O–H groups in total. The van der Waals surface area contributed by atoms with Crippen molar-refractivity contribution in [3.05, 3.63) is 30.3 Å². The summed E-state index contributed by atoms with van der Waals surface area (Å²) in [5, 5.41) is 0. The van der Waals surface area contributed by atoms with E-state index in [0.29, 0.717) is 6.54 Å². The summed E-state index contributed by atoms with van der Waals surface area (Å²) in [6, 6.07) is 9.46. The second-order valence-electron chi connectivity index (χ2n) is 3.27. The fourth-order valence-electron chi connectivity index (χ4n) is 1.04. The molecular formula is C13H16N2O2S. The molecule has 96 valence electrons. The molecule has 0 heterocycles. The first-order valence-electron chi connectivity index (χ1n) is 5.68. The van der Waals surface area contributed by atoms with Gasteiger partial charge in [0.1, 0.15) is 0 Å². The van der Waals surface area contributed by atoms with Crippen LogP contribution in [0.3, 0.4) is 0 Å². The first kappa shape index (κ1) is 16.3. The molecule has 0 aliphatic rings. The number of benzene rings is 1. The zero-order chi connectivity index (χ0) is 13.5. The molecule has 0 atom stereocenters. The Bertz CT molecular complexity index is 397. The average molecular weight is 264 g/mol. The van der Waals surface area contributed by atoms with Crippen LogP contribution in [0.5, 0.6) is 0 Å². The molecule has 5 heteroatoms. The lowest BCUT2D eigenvalue weighted by atomic mass is 10.3. The third kappa shape index (κ3) is 10.8. The predicted molar refractivity (Wildman–Crippen MR) is 72.9 cm³/mol. The molecule has 0 spiro atoms. The van der Waals surface area contributed by atoms with Crippen LogP contribution in [0.2, 0.25) is 0 Å². The van der Waals surface area contributed by atoms with Crippen molar-refractivity contribution in [3.63, 3.8) is 0 Å². The summed E-state index contributed by atoms with van der Waals surface area (Å²) in [5.41, 5.74) is 0. The summed E-state index contributed by atoms with van der Waals surface area (Å²) < 4.78 is 3.35. The third-order valence-electron chi connectivity index (χ3n) is 1.87. The molecule has 0 bridgehead atoms. The number of carbonyl (C=O) groups excluding carboxylic acids is 2. The standard InChI is InChI=1S/C7H5NOS.C6H11NO/c9-6-8-10-7-4-2-1-3-5-7;1-2-3-4-5-7-6-8/h1-5H;2-5H2,1H3. The van der Waals surface area contributed by atoms with Crippen LogP contribution in [-0.2, 0) is 9.59 Å². The highest BCUT2D eigenvalue weighted by molar-refractivity contribution is 7.98. The zero-order valence-electron chi connectivity index (χ0n) is 10.3. The molecule has 0 aliphatic heterocycles. The second-order valence-corrected chi connectivity index (χ2v) is 4.10. The van der Waals surface area contributed by atoms with Gasteiger partial charge in [-0.05, 0) is 18.6 Å². The van der Waals surface area contributed by atoms with E-state index >= 15 is 0 Å². The lowest BCUT2D eigenvalue weighted by Gasteiger charge is -1.88. The van der Waals surface area contributed by atoms with Crippen molar-refractivity contribution in [2.45, 2.75) is 31.1 Å². The molecule has 0 saturated heterocycles. The van der Waals surface area contributed by atoms with Crippen LogP contribution in [0.4, 0.5) is 0 Å². The molecule has 0 amide bonds. The van der Waals surface area contributed by atoms with Crippen LogP contribution in [0, 0.1) is 0 Å². The van der Waals surface area contributed by atoms with Gasteiger partial charge in [0.05, 0.1) is 6.54 Å². The van der Waals surface area contributed by atoms with Gasteiger partial charge in [-0.15, -0.1) is 4.40 Å². The van der Waals surface area contributed by atoms with E-state index in [4.69, 9.17) is 0 Å². The van der Waals surface area contributed by atoms with Crippen LogP contribution in [0.25, 0.3) is 0 Å². The van der Waals surface area contributed by atoms with Crippen LogP contribution < -0.4 is 0 Å². The quantitative estimate of drug-likeness (QED) is 0.342. The predicted octanol–water partition coefficient (Wildman–Crippen LogP) is 3.54. The maximum atomic E-state index is 9.67. The highest BCUT2D eigenvalue weighted by Gasteiger charge is 1.86. The molecule has 1 aromatic rings. The van der Waals surface area contributed by atoms with E-state index in [9.17, 15) is 9.59 Å². The number of hydrogen-bond donors (Lipinski definition) is 0. The molecule has 0 saturated carbocycles. The Hall–Kier alpha value is -1.67. The fraction of sp³-hybridized carbons (Fsp3) is 0.385. The molecule has 0 fully saturated rings. The van der Waals surface area contributed by atoms with Gasteiger partial charge >= 0.3 is 0 Å². The monoisotopic (exact) mass is 264 g/mol. The minimum Gasteiger partial charge on any atom is -0.211 e. The molecule has 0 aliphatic carbocycles. The van der Waals surface area contributed by atoms with Crippen molar-refractivity contribution >= 4 is 24.1 Å². The van der Waals surface area contributed by atoms with Crippen molar-refractivity contribution in [2.75, 3.05) is 6.54 Å². The van der Waals surface area contributed by atoms with Crippen molar-refractivity contribution in [2.24, 2.45) is 9.39 Å². The summed E-state index contributed by atoms with van der Waals surface area (Å²) in [6.07, 6.45) is 6.31. The number of hydrogen-bond acceptors (Lipinski definition) is 5. The van der Waals surface area contributed by atoms with Gasteiger partial charge < -0.3 is 0 Å². The molecule has 1 rings (SSSR count). The molecule has 0 radical (unpaired) electrons. The average Bonchev–Trinajstić information content (AvgIpc) is 2.43. The number of rotatable bonds is 6. The Kier molecular flexibility index (Phi) is 12.2. The van der Waals surface area contributed by atoms with E-state index in [1.54, 1.807) is 0 Å². The lowest BCUT2D eigenvalue weighted by Crippen LogP contribution is -1.77. The summed E-state index contributed by atoms with van der Waals surface area (Å²) in [4.78, 5) is 23.5. The van der Waals surface area contributed by atoms with Gasteiger partial charge in [-0.1, -0.05) is 38.0 Å². The third-order valence-corrected chi connectivity index (χ3v) is 2.52. The van der Waals surface area contributed by atoms with Crippen LogP contribution in [0.15, 0.2) is 44.6 Å². The molecule has 18 heavy (non-hydrogen) atoms. The number of isocyanates is 2. The van der Waals surface area contributed by atoms with Crippen molar-refractivity contribution < 1.29 is 9.59 Å². The maximum Gasteiger partial charge on any atom is 0.247 e. The Balaban J connectivity index is 0.000000331. The van der Waals surface area contributed by atoms with Crippen molar-refractivity contribution in [1.82, 2.24) is 0 Å². The Morgan fingerprint density at radius 2 is 1.83 bits per heavy atom. The maximum absolute atomic E-state index is 9.67. The lowest BCUT2D eigenvalue weighted by molar-refractivity contribution is 0.561. The van der Waals surface area contributed by atoms with E-state index in [1.165, 1.54) is 18.6 Å². The zero-order valence-corrected chi connectivity index (χ0v) is 11.2. The van der Waals surface area contributed by atoms with Gasteiger partial charge in [0, 0.05) is 16.8 Å². The molecule has 1 aromatic carbocycles. The first-order chi connectivity index (χ1) is 8.85. The molecule has 0 unspecified atom stereocenters. The van der Waals surface area contributed by atoms with E-state index in [-0.39, 0.29) is 0 Å². The largest absolute Gasteiger partial charge is 0.247 e. The summed E-state index contributed by atoms with van der Waals surface area (Å²) in [6.45, 7) is 2.77. The van der Waals surface area contributed by atoms with E-state index in [2.05, 4.69) is 16.3 Å². The highest BCUT2D eigenvalue weighted by Crippen LogP contribution is 2.16. The summed E-state index contributed by atoms with van der Waals surface area (Å²) in [5.74, 6) is 0. The van der Waals surface area contributed by atoms with Crippen LogP contribution >= 0.6 is 11.9 Å². The van der Waals surface area contributed by atoms with Gasteiger partial charge in [0.2, 0.25) is 12.2 Å². The van der Waals surface area contributed by atoms with Gasteiger partial charge in [-0.3, -0.25) is 0 Å². The van der Waals surface area contributed by atoms with Gasteiger partial charge in [0.25, 0.3) is 0 Å². The van der Waals surface area contributed by atoms with Crippen LogP contribution in [-0.4, -0.2) is 18.7 Å². The smallest absolute Gasteiger partial charge is 0.211 e. The second kappa shape index (κ2) is 13.4. The fourth-order valence-corrected chi connectivity index (χ4v) is 1.46. The van der Waals surface area contributed by atoms with Crippen molar-refractivity contribution in [3.8, 4) is 0 Å². The number of unbranched alkanes of at least 4 members (excludes halogenated alkanes) is 2. The minimum atomic E-state index is 0.650.